The molecule has 1 aromatic heterocycles. The lowest BCUT2D eigenvalue weighted by Crippen LogP contribution is -2.16. The van der Waals surface area contributed by atoms with Gasteiger partial charge in [0.15, 0.2) is 0 Å². The summed E-state index contributed by atoms with van der Waals surface area (Å²) in [6, 6.07) is 70.1. The number of nitrogens with zero attached hydrogens (tertiary/aromatic N) is 1. The fraction of sp³-hybridized carbons (Fsp3) is 0.0545. The number of benzene rings is 10. The third-order valence-corrected chi connectivity index (χ3v) is 12.7. The van der Waals surface area contributed by atoms with E-state index in [0.29, 0.717) is 0 Å². The molecule has 0 unspecified atom stereocenters. The predicted molar refractivity (Wildman–Crippen MR) is 239 cm³/mol. The van der Waals surface area contributed by atoms with Gasteiger partial charge in [0.25, 0.3) is 0 Å². The molecule has 0 saturated carbocycles. The molecule has 1 heteroatoms. The van der Waals surface area contributed by atoms with E-state index >= 15 is 0 Å². The molecule has 1 heterocycles. The van der Waals surface area contributed by atoms with Crippen molar-refractivity contribution in [2.45, 2.75) is 19.3 Å². The minimum atomic E-state index is -0.268. The van der Waals surface area contributed by atoms with Gasteiger partial charge in [-0.15, -0.1) is 0 Å². The highest BCUT2D eigenvalue weighted by Gasteiger charge is 2.39. The third kappa shape index (κ3) is 4.26. The maximum absolute atomic E-state index is 2.62. The van der Waals surface area contributed by atoms with Gasteiger partial charge in [0.05, 0.1) is 16.7 Å². The summed E-state index contributed by atoms with van der Waals surface area (Å²) in [4.78, 5) is 0. The van der Waals surface area contributed by atoms with Crippen molar-refractivity contribution in [2.24, 2.45) is 0 Å². The zero-order valence-electron chi connectivity index (χ0n) is 31.3. The molecule has 1 nitrogen and oxygen atoms in total. The molecule has 0 spiro atoms. The second-order valence-electron chi connectivity index (χ2n) is 16.0. The average Bonchev–Trinajstić information content (AvgIpc) is 3.70. The molecule has 0 aliphatic heterocycles. The van der Waals surface area contributed by atoms with Gasteiger partial charge in [-0.3, -0.25) is 0 Å². The molecule has 10 aromatic carbocycles. The van der Waals surface area contributed by atoms with E-state index in [2.05, 4.69) is 206 Å². The third-order valence-electron chi connectivity index (χ3n) is 12.7. The maximum atomic E-state index is 2.62. The van der Waals surface area contributed by atoms with Gasteiger partial charge in [0, 0.05) is 21.6 Å². The molecule has 0 amide bonds. The molecule has 0 fully saturated rings. The molecule has 56 heavy (non-hydrogen) atoms. The van der Waals surface area contributed by atoms with Gasteiger partial charge in [-0.25, -0.2) is 0 Å². The van der Waals surface area contributed by atoms with Crippen molar-refractivity contribution in [3.8, 4) is 39.1 Å². The van der Waals surface area contributed by atoms with Crippen molar-refractivity contribution < 1.29 is 0 Å². The number of hydrogen-bond acceptors (Lipinski definition) is 0. The number of aromatic nitrogens is 1. The second kappa shape index (κ2) is 11.5. The predicted octanol–water partition coefficient (Wildman–Crippen LogP) is 15.0. The van der Waals surface area contributed by atoms with Crippen LogP contribution in [0.2, 0.25) is 0 Å². The van der Waals surface area contributed by atoms with Crippen LogP contribution in [0.4, 0.5) is 0 Å². The van der Waals surface area contributed by atoms with Crippen LogP contribution in [-0.4, -0.2) is 4.57 Å². The first-order valence-electron chi connectivity index (χ1n) is 19.7. The Morgan fingerprint density at radius 1 is 0.375 bits per heavy atom. The lowest BCUT2D eigenvalue weighted by molar-refractivity contribution is 0.664. The fourth-order valence-corrected chi connectivity index (χ4v) is 10.2. The highest BCUT2D eigenvalue weighted by molar-refractivity contribution is 6.26. The van der Waals surface area contributed by atoms with Gasteiger partial charge < -0.3 is 4.57 Å². The van der Waals surface area contributed by atoms with Gasteiger partial charge in [0.2, 0.25) is 0 Å². The van der Waals surface area contributed by atoms with Crippen LogP contribution in [0.15, 0.2) is 188 Å². The van der Waals surface area contributed by atoms with Crippen LogP contribution in [0.1, 0.15) is 25.0 Å². The smallest absolute Gasteiger partial charge is 0.0588 e. The summed E-state index contributed by atoms with van der Waals surface area (Å²) >= 11 is 0. The maximum Gasteiger partial charge on any atom is 0.0588 e. The minimum Gasteiger partial charge on any atom is -0.308 e. The Morgan fingerprint density at radius 2 is 0.929 bits per heavy atom. The Bertz CT molecular complexity index is 3430. The molecule has 262 valence electrons. The van der Waals surface area contributed by atoms with Crippen molar-refractivity contribution in [1.82, 2.24) is 4.57 Å². The number of rotatable bonds is 3. The topological polar surface area (TPSA) is 4.93 Å². The van der Waals surface area contributed by atoms with Crippen LogP contribution in [0.5, 0.6) is 0 Å². The van der Waals surface area contributed by atoms with Crippen LogP contribution < -0.4 is 0 Å². The fourth-order valence-electron chi connectivity index (χ4n) is 10.2. The Kier molecular flexibility index (Phi) is 6.46. The van der Waals surface area contributed by atoms with Crippen molar-refractivity contribution in [3.63, 3.8) is 0 Å². The van der Waals surface area contributed by atoms with Crippen LogP contribution >= 0.6 is 0 Å². The van der Waals surface area contributed by atoms with Gasteiger partial charge >= 0.3 is 0 Å². The number of fused-ring (bicyclic) bond motifs is 12. The zero-order chi connectivity index (χ0) is 37.1. The Hall–Kier alpha value is -6.96. The molecule has 0 bridgehead atoms. The van der Waals surface area contributed by atoms with Gasteiger partial charge in [-0.2, -0.15) is 0 Å². The van der Waals surface area contributed by atoms with Crippen molar-refractivity contribution in [1.29, 1.82) is 0 Å². The molecular formula is C55H37N. The largest absolute Gasteiger partial charge is 0.308 e. The standard InChI is InChI=1S/C55H37N/c1-55(2)49-32-37(40-25-11-17-34-14-3-6-20-38(34)40)28-29-44(49)46-30-31-47-52-45-24-10-9-23-43(45)48(42-26-12-18-35-15-4-7-21-39(35)42)33-51(52)56(54(47)53(46)55)50-27-13-19-36-16-5-8-22-41(36)50/h3-33H,1-2H3. The van der Waals surface area contributed by atoms with E-state index in [1.54, 1.807) is 0 Å². The van der Waals surface area contributed by atoms with Gasteiger partial charge in [-0.05, 0) is 100 Å². The molecule has 0 saturated heterocycles. The molecule has 0 atom stereocenters. The van der Waals surface area contributed by atoms with Crippen molar-refractivity contribution >= 4 is 64.9 Å². The lowest BCUT2D eigenvalue weighted by Gasteiger charge is -2.24. The van der Waals surface area contributed by atoms with Crippen molar-refractivity contribution in [2.75, 3.05) is 0 Å². The minimum absolute atomic E-state index is 0.268. The molecule has 0 N–H and O–H groups in total. The Morgan fingerprint density at radius 3 is 1.66 bits per heavy atom. The van der Waals surface area contributed by atoms with E-state index in [1.165, 1.54) is 115 Å². The summed E-state index contributed by atoms with van der Waals surface area (Å²) in [5.41, 5.74) is 13.9. The van der Waals surface area contributed by atoms with Gasteiger partial charge in [0.1, 0.15) is 0 Å². The van der Waals surface area contributed by atoms with Crippen LogP contribution in [-0.2, 0) is 5.41 Å². The monoisotopic (exact) mass is 711 g/mol. The van der Waals surface area contributed by atoms with Crippen LogP contribution in [0, 0.1) is 0 Å². The highest BCUT2D eigenvalue weighted by Crippen LogP contribution is 2.55. The first-order chi connectivity index (χ1) is 27.6. The molecular weight excluding hydrogens is 675 g/mol. The molecule has 12 rings (SSSR count). The number of hydrogen-bond donors (Lipinski definition) is 0. The summed E-state index contributed by atoms with van der Waals surface area (Å²) in [6.45, 7) is 4.88. The summed E-state index contributed by atoms with van der Waals surface area (Å²) in [7, 11) is 0. The van der Waals surface area contributed by atoms with E-state index in [1.807, 2.05) is 0 Å². The SMILES string of the molecule is CC1(C)c2cc(-c3cccc4ccccc34)ccc2-c2ccc3c4c5ccccc5c(-c5cccc6ccccc56)cc4n(-c4cccc5ccccc45)c3c21. The molecule has 0 radical (unpaired) electrons. The Balaban J connectivity index is 1.22. The first kappa shape index (κ1) is 31.4. The van der Waals surface area contributed by atoms with Gasteiger partial charge in [-0.1, -0.05) is 184 Å². The normalized spacial score (nSPS) is 13.3. The van der Waals surface area contributed by atoms with Crippen LogP contribution in [0.3, 0.4) is 0 Å². The summed E-state index contributed by atoms with van der Waals surface area (Å²) < 4.78 is 2.62. The molecule has 1 aliphatic carbocycles. The summed E-state index contributed by atoms with van der Waals surface area (Å²) in [5, 5.41) is 12.7. The zero-order valence-corrected chi connectivity index (χ0v) is 31.3. The van der Waals surface area contributed by atoms with E-state index in [9.17, 15) is 0 Å². The van der Waals surface area contributed by atoms with E-state index in [0.717, 1.165) is 0 Å². The average molecular weight is 712 g/mol. The summed E-state index contributed by atoms with van der Waals surface area (Å²) in [6.07, 6.45) is 0. The van der Waals surface area contributed by atoms with E-state index < -0.39 is 0 Å². The second-order valence-corrected chi connectivity index (χ2v) is 16.0. The first-order valence-corrected chi connectivity index (χ1v) is 19.7. The highest BCUT2D eigenvalue weighted by atomic mass is 15.0. The quantitative estimate of drug-likeness (QED) is 0.172. The van der Waals surface area contributed by atoms with E-state index in [-0.39, 0.29) is 5.41 Å². The van der Waals surface area contributed by atoms with E-state index in [4.69, 9.17) is 0 Å². The van der Waals surface area contributed by atoms with Crippen molar-refractivity contribution in [3.05, 3.63) is 199 Å². The van der Waals surface area contributed by atoms with Crippen LogP contribution in [0.25, 0.3) is 104 Å². The lowest BCUT2D eigenvalue weighted by atomic mass is 9.80. The summed E-state index contributed by atoms with van der Waals surface area (Å²) in [5.74, 6) is 0. The molecule has 1 aliphatic rings. The molecule has 11 aromatic rings. The Labute approximate surface area is 325 Å².